The van der Waals surface area contributed by atoms with Crippen molar-refractivity contribution in [3.8, 4) is 0 Å². The van der Waals surface area contributed by atoms with Gasteiger partial charge in [-0.3, -0.25) is 4.79 Å². The summed E-state index contributed by atoms with van der Waals surface area (Å²) in [5, 5.41) is 0. The number of hydrogen-bond acceptors (Lipinski definition) is 2. The van der Waals surface area contributed by atoms with Crippen LogP contribution in [0.25, 0.3) is 0 Å². The van der Waals surface area contributed by atoms with Crippen molar-refractivity contribution in [2.45, 2.75) is 39.4 Å². The van der Waals surface area contributed by atoms with Crippen molar-refractivity contribution in [3.63, 3.8) is 0 Å². The van der Waals surface area contributed by atoms with Gasteiger partial charge in [-0.05, 0) is 12.3 Å². The molecule has 0 fully saturated rings. The number of alkyl halides is 3. The molecule has 0 bridgehead atoms. The molecule has 0 aliphatic rings. The van der Waals surface area contributed by atoms with Crippen LogP contribution in [0.15, 0.2) is 0 Å². The third kappa shape index (κ3) is 5.95. The molecule has 0 spiro atoms. The number of rotatable bonds is 5. The minimum absolute atomic E-state index is 0.0182. The quantitative estimate of drug-likeness (QED) is 0.796. The second-order valence-electron chi connectivity index (χ2n) is 4.24. The summed E-state index contributed by atoms with van der Waals surface area (Å²) in [6.07, 6.45) is -4.04. The Morgan fingerprint density at radius 2 is 1.88 bits per heavy atom. The fourth-order valence-electron chi connectivity index (χ4n) is 1.30. The van der Waals surface area contributed by atoms with Gasteiger partial charge >= 0.3 is 6.18 Å². The molecular formula is C10H19F3N2O. The molecule has 96 valence electrons. The fraction of sp³-hybridized carbons (Fsp3) is 0.900. The van der Waals surface area contributed by atoms with Gasteiger partial charge in [0.1, 0.15) is 6.54 Å². The van der Waals surface area contributed by atoms with Crippen LogP contribution in [-0.2, 0) is 4.79 Å². The summed E-state index contributed by atoms with van der Waals surface area (Å²) in [4.78, 5) is 12.4. The zero-order valence-corrected chi connectivity index (χ0v) is 9.84. The molecule has 16 heavy (non-hydrogen) atoms. The van der Waals surface area contributed by atoms with E-state index in [0.29, 0.717) is 6.42 Å². The zero-order valence-electron chi connectivity index (χ0n) is 9.84. The highest BCUT2D eigenvalue weighted by molar-refractivity contribution is 5.81. The molecule has 0 rings (SSSR count). The highest BCUT2D eigenvalue weighted by Gasteiger charge is 2.34. The van der Waals surface area contributed by atoms with E-state index in [9.17, 15) is 18.0 Å². The van der Waals surface area contributed by atoms with E-state index < -0.39 is 24.7 Å². The lowest BCUT2D eigenvalue weighted by molar-refractivity contribution is -0.163. The van der Waals surface area contributed by atoms with Crippen LogP contribution in [0, 0.1) is 5.92 Å². The maximum absolute atomic E-state index is 12.2. The number of carbonyl (C=O) groups excluding carboxylic acids is 1. The van der Waals surface area contributed by atoms with E-state index in [0.717, 1.165) is 4.90 Å². The van der Waals surface area contributed by atoms with Crippen molar-refractivity contribution < 1.29 is 18.0 Å². The minimum Gasteiger partial charge on any atom is -0.332 e. The largest absolute Gasteiger partial charge is 0.406 e. The summed E-state index contributed by atoms with van der Waals surface area (Å²) in [5.74, 6) is -0.649. The summed E-state index contributed by atoms with van der Waals surface area (Å²) < 4.78 is 36.7. The van der Waals surface area contributed by atoms with E-state index in [1.807, 2.05) is 0 Å². The maximum atomic E-state index is 12.2. The van der Waals surface area contributed by atoms with E-state index in [4.69, 9.17) is 5.73 Å². The predicted octanol–water partition coefficient (Wildman–Crippen LogP) is 1.77. The molecule has 2 N–H and O–H groups in total. The zero-order chi connectivity index (χ0) is 12.9. The van der Waals surface area contributed by atoms with Gasteiger partial charge in [-0.15, -0.1) is 0 Å². The van der Waals surface area contributed by atoms with E-state index in [2.05, 4.69) is 0 Å². The van der Waals surface area contributed by atoms with Crippen molar-refractivity contribution >= 4 is 5.91 Å². The van der Waals surface area contributed by atoms with Gasteiger partial charge in [-0.2, -0.15) is 13.2 Å². The number of halogens is 3. The molecule has 0 saturated heterocycles. The summed E-state index contributed by atoms with van der Waals surface area (Å²) in [5.41, 5.74) is 5.45. The average Bonchev–Trinajstić information content (AvgIpc) is 2.11. The highest BCUT2D eigenvalue weighted by Crippen LogP contribution is 2.18. The number of nitrogens with zero attached hydrogens (tertiary/aromatic N) is 1. The van der Waals surface area contributed by atoms with Crippen LogP contribution < -0.4 is 5.73 Å². The highest BCUT2D eigenvalue weighted by atomic mass is 19.4. The predicted molar refractivity (Wildman–Crippen MR) is 55.7 cm³/mol. The number of amides is 1. The lowest BCUT2D eigenvalue weighted by Gasteiger charge is -2.27. The van der Waals surface area contributed by atoms with Gasteiger partial charge < -0.3 is 10.6 Å². The lowest BCUT2D eigenvalue weighted by atomic mass is 10.1. The molecule has 0 aliphatic carbocycles. The van der Waals surface area contributed by atoms with E-state index in [1.165, 1.54) is 0 Å². The van der Waals surface area contributed by atoms with Crippen LogP contribution in [0.2, 0.25) is 0 Å². The molecular weight excluding hydrogens is 221 g/mol. The Balaban J connectivity index is 4.60. The Bertz CT molecular complexity index is 229. The Morgan fingerprint density at radius 1 is 1.38 bits per heavy atom. The summed E-state index contributed by atoms with van der Waals surface area (Å²) in [6.45, 7) is 4.04. The molecule has 3 nitrogen and oxygen atoms in total. The van der Waals surface area contributed by atoms with Crippen LogP contribution in [0.3, 0.4) is 0 Å². The monoisotopic (exact) mass is 240 g/mol. The van der Waals surface area contributed by atoms with Gasteiger partial charge in [0, 0.05) is 6.54 Å². The van der Waals surface area contributed by atoms with E-state index in [-0.39, 0.29) is 12.5 Å². The van der Waals surface area contributed by atoms with Crippen molar-refractivity contribution in [3.05, 3.63) is 0 Å². The van der Waals surface area contributed by atoms with Crippen molar-refractivity contribution in [1.29, 1.82) is 0 Å². The topological polar surface area (TPSA) is 46.3 Å². The first-order valence-electron chi connectivity index (χ1n) is 5.28. The Morgan fingerprint density at radius 3 is 2.19 bits per heavy atom. The van der Waals surface area contributed by atoms with Crippen LogP contribution in [0.4, 0.5) is 13.2 Å². The van der Waals surface area contributed by atoms with E-state index >= 15 is 0 Å². The number of carbonyl (C=O) groups is 1. The lowest BCUT2D eigenvalue weighted by Crippen LogP contribution is -2.48. The van der Waals surface area contributed by atoms with Gasteiger partial charge in [-0.25, -0.2) is 0 Å². The Kier molecular flexibility index (Phi) is 5.78. The van der Waals surface area contributed by atoms with Crippen molar-refractivity contribution in [2.24, 2.45) is 11.7 Å². The molecule has 0 heterocycles. The van der Waals surface area contributed by atoms with Gasteiger partial charge in [0.2, 0.25) is 5.91 Å². The molecule has 6 heteroatoms. The molecule has 0 aromatic carbocycles. The molecule has 1 amide bonds. The standard InChI is InChI=1S/C10H19F3N2O/c1-4-8(14)9(16)15(5-7(2)3)6-10(11,12)13/h7-8H,4-6,14H2,1-3H3. The SMILES string of the molecule is CCC(N)C(=O)N(CC(C)C)CC(F)(F)F. The smallest absolute Gasteiger partial charge is 0.332 e. The van der Waals surface area contributed by atoms with E-state index in [1.54, 1.807) is 20.8 Å². The third-order valence-corrected chi connectivity index (χ3v) is 2.02. The van der Waals surface area contributed by atoms with Gasteiger partial charge in [0.25, 0.3) is 0 Å². The van der Waals surface area contributed by atoms with Gasteiger partial charge in [0.05, 0.1) is 6.04 Å². The summed E-state index contributed by atoms with van der Waals surface area (Å²) in [6, 6.07) is -0.846. The Hall–Kier alpha value is -0.780. The molecule has 1 atom stereocenters. The summed E-state index contributed by atoms with van der Waals surface area (Å²) >= 11 is 0. The first kappa shape index (κ1) is 15.2. The van der Waals surface area contributed by atoms with Crippen LogP contribution >= 0.6 is 0 Å². The molecule has 0 saturated carbocycles. The van der Waals surface area contributed by atoms with Crippen molar-refractivity contribution in [2.75, 3.05) is 13.1 Å². The van der Waals surface area contributed by atoms with Crippen LogP contribution in [0.5, 0.6) is 0 Å². The average molecular weight is 240 g/mol. The number of hydrogen-bond donors (Lipinski definition) is 1. The maximum Gasteiger partial charge on any atom is 0.406 e. The van der Waals surface area contributed by atoms with Crippen LogP contribution in [-0.4, -0.2) is 36.1 Å². The minimum atomic E-state index is -4.38. The normalized spacial score (nSPS) is 14.0. The number of nitrogens with two attached hydrogens (primary N) is 1. The summed E-state index contributed by atoms with van der Waals surface area (Å²) in [7, 11) is 0. The first-order valence-corrected chi connectivity index (χ1v) is 5.28. The fourth-order valence-corrected chi connectivity index (χ4v) is 1.30. The van der Waals surface area contributed by atoms with Crippen LogP contribution in [0.1, 0.15) is 27.2 Å². The van der Waals surface area contributed by atoms with Crippen molar-refractivity contribution in [1.82, 2.24) is 4.90 Å². The molecule has 0 aromatic rings. The molecule has 0 aromatic heterocycles. The third-order valence-electron chi connectivity index (χ3n) is 2.02. The Labute approximate surface area is 93.8 Å². The molecule has 0 aliphatic heterocycles. The second-order valence-corrected chi connectivity index (χ2v) is 4.24. The van der Waals surface area contributed by atoms with Gasteiger partial charge in [-0.1, -0.05) is 20.8 Å². The second kappa shape index (κ2) is 6.08. The molecule has 1 unspecified atom stereocenters. The molecule has 0 radical (unpaired) electrons. The first-order chi connectivity index (χ1) is 7.17. The van der Waals surface area contributed by atoms with Gasteiger partial charge in [0.15, 0.2) is 0 Å².